The van der Waals surface area contributed by atoms with Crippen LogP contribution in [0.3, 0.4) is 0 Å². The van der Waals surface area contributed by atoms with Gasteiger partial charge in [-0.05, 0) is 49.9 Å². The summed E-state index contributed by atoms with van der Waals surface area (Å²) in [5.74, 6) is 1.72. The van der Waals surface area contributed by atoms with Crippen LogP contribution in [0.15, 0.2) is 48.5 Å². The first kappa shape index (κ1) is 18.7. The number of nitrogens with zero attached hydrogens (tertiary/aromatic N) is 1. The standard InChI is InChI=1S/C22H29NO3/c1-23-16-20(24)14-19(23)12-13-26-22-15-21(25-2)11-10-18(22)9-8-17-6-4-3-5-7-17/h3-7,10-11,15,19-20,24H,8-9,12-14,16H2,1-2H3/t19-,20-/m1/s1. The molecular formula is C22H29NO3. The zero-order chi connectivity index (χ0) is 18.4. The third kappa shape index (κ3) is 4.99. The van der Waals surface area contributed by atoms with Crippen molar-refractivity contribution in [3.05, 3.63) is 59.7 Å². The van der Waals surface area contributed by atoms with Gasteiger partial charge in [0.15, 0.2) is 0 Å². The molecule has 0 radical (unpaired) electrons. The molecule has 0 unspecified atom stereocenters. The smallest absolute Gasteiger partial charge is 0.126 e. The fraction of sp³-hybridized carbons (Fsp3) is 0.455. The monoisotopic (exact) mass is 355 g/mol. The zero-order valence-electron chi connectivity index (χ0n) is 15.7. The first-order valence-corrected chi connectivity index (χ1v) is 9.37. The number of rotatable bonds is 8. The Morgan fingerprint density at radius 3 is 2.62 bits per heavy atom. The van der Waals surface area contributed by atoms with Gasteiger partial charge in [0.05, 0.1) is 19.8 Å². The van der Waals surface area contributed by atoms with E-state index in [1.807, 2.05) is 18.2 Å². The molecule has 3 rings (SSSR count). The van der Waals surface area contributed by atoms with E-state index in [1.54, 1.807) is 7.11 Å². The van der Waals surface area contributed by atoms with E-state index in [1.165, 1.54) is 11.1 Å². The number of aliphatic hydroxyl groups is 1. The first-order valence-electron chi connectivity index (χ1n) is 9.37. The molecule has 2 aromatic carbocycles. The van der Waals surface area contributed by atoms with Crippen LogP contribution in [0, 0.1) is 0 Å². The van der Waals surface area contributed by atoms with E-state index >= 15 is 0 Å². The number of hydrogen-bond donors (Lipinski definition) is 1. The van der Waals surface area contributed by atoms with E-state index in [2.05, 4.69) is 42.3 Å². The first-order chi connectivity index (χ1) is 12.7. The molecule has 1 saturated heterocycles. The van der Waals surface area contributed by atoms with Gasteiger partial charge in [-0.15, -0.1) is 0 Å². The maximum Gasteiger partial charge on any atom is 0.126 e. The molecule has 1 aliphatic rings. The average Bonchev–Trinajstić information content (AvgIpc) is 2.98. The molecule has 0 saturated carbocycles. The number of aliphatic hydroxyl groups excluding tert-OH is 1. The fourth-order valence-electron chi connectivity index (χ4n) is 3.62. The van der Waals surface area contributed by atoms with Crippen LogP contribution in [0.1, 0.15) is 24.0 Å². The predicted octanol–water partition coefficient (Wildman–Crippen LogP) is 3.31. The predicted molar refractivity (Wildman–Crippen MR) is 104 cm³/mol. The lowest BCUT2D eigenvalue weighted by molar-refractivity contribution is 0.182. The molecule has 0 bridgehead atoms. The minimum atomic E-state index is -0.205. The number of methoxy groups -OCH3 is 1. The van der Waals surface area contributed by atoms with Crippen molar-refractivity contribution in [2.75, 3.05) is 27.3 Å². The van der Waals surface area contributed by atoms with Gasteiger partial charge in [0.1, 0.15) is 11.5 Å². The Balaban J connectivity index is 1.60. The van der Waals surface area contributed by atoms with Crippen LogP contribution >= 0.6 is 0 Å². The maximum atomic E-state index is 9.78. The van der Waals surface area contributed by atoms with Crippen molar-refractivity contribution >= 4 is 0 Å². The van der Waals surface area contributed by atoms with E-state index in [9.17, 15) is 5.11 Å². The molecule has 0 amide bonds. The van der Waals surface area contributed by atoms with Gasteiger partial charge in [0, 0.05) is 18.7 Å². The lowest BCUT2D eigenvalue weighted by Gasteiger charge is -2.20. The average molecular weight is 355 g/mol. The highest BCUT2D eigenvalue weighted by Gasteiger charge is 2.27. The van der Waals surface area contributed by atoms with Gasteiger partial charge < -0.3 is 19.5 Å². The van der Waals surface area contributed by atoms with Crippen LogP contribution in [-0.4, -0.2) is 49.5 Å². The van der Waals surface area contributed by atoms with E-state index in [0.717, 1.165) is 43.7 Å². The van der Waals surface area contributed by atoms with Crippen molar-refractivity contribution in [2.24, 2.45) is 0 Å². The topological polar surface area (TPSA) is 41.9 Å². The van der Waals surface area contributed by atoms with Crippen molar-refractivity contribution in [2.45, 2.75) is 37.8 Å². The van der Waals surface area contributed by atoms with Gasteiger partial charge in [-0.25, -0.2) is 0 Å². The number of likely N-dealkylation sites (tertiary alicyclic amines) is 1. The Kier molecular flexibility index (Phi) is 6.53. The minimum Gasteiger partial charge on any atom is -0.497 e. The van der Waals surface area contributed by atoms with Gasteiger partial charge in [-0.3, -0.25) is 0 Å². The van der Waals surface area contributed by atoms with Gasteiger partial charge in [0.25, 0.3) is 0 Å². The SMILES string of the molecule is COc1ccc(CCc2ccccc2)c(OCC[C@@H]2C[C@@H](O)CN2C)c1. The number of benzene rings is 2. The molecule has 26 heavy (non-hydrogen) atoms. The molecule has 2 atom stereocenters. The summed E-state index contributed by atoms with van der Waals surface area (Å²) in [5.41, 5.74) is 2.53. The Morgan fingerprint density at radius 1 is 1.12 bits per heavy atom. The van der Waals surface area contributed by atoms with E-state index in [4.69, 9.17) is 9.47 Å². The van der Waals surface area contributed by atoms with Gasteiger partial charge in [0.2, 0.25) is 0 Å². The molecule has 4 nitrogen and oxygen atoms in total. The quantitative estimate of drug-likeness (QED) is 0.789. The van der Waals surface area contributed by atoms with Crippen molar-refractivity contribution in [1.29, 1.82) is 0 Å². The Labute approximate surface area is 156 Å². The Morgan fingerprint density at radius 2 is 1.92 bits per heavy atom. The zero-order valence-corrected chi connectivity index (χ0v) is 15.7. The molecule has 4 heteroatoms. The maximum absolute atomic E-state index is 9.78. The summed E-state index contributed by atoms with van der Waals surface area (Å²) in [6.07, 6.45) is 3.47. The number of aryl methyl sites for hydroxylation is 2. The number of β-amino-alcohol motifs (C(OH)–C–C–N with tert-alkyl or cyclic N) is 1. The van der Waals surface area contributed by atoms with Crippen LogP contribution in [0.2, 0.25) is 0 Å². The van der Waals surface area contributed by atoms with Gasteiger partial charge in [-0.2, -0.15) is 0 Å². The summed E-state index contributed by atoms with van der Waals surface area (Å²) >= 11 is 0. The summed E-state index contributed by atoms with van der Waals surface area (Å²) in [5, 5.41) is 9.78. The summed E-state index contributed by atoms with van der Waals surface area (Å²) in [4.78, 5) is 2.22. The number of ether oxygens (including phenoxy) is 2. The van der Waals surface area contributed by atoms with Crippen LogP contribution in [-0.2, 0) is 12.8 Å². The van der Waals surface area contributed by atoms with Gasteiger partial charge >= 0.3 is 0 Å². The van der Waals surface area contributed by atoms with Crippen LogP contribution in [0.5, 0.6) is 11.5 Å². The summed E-state index contributed by atoms with van der Waals surface area (Å²) in [7, 11) is 3.75. The molecule has 140 valence electrons. The van der Waals surface area contributed by atoms with Crippen molar-refractivity contribution in [3.8, 4) is 11.5 Å². The lowest BCUT2D eigenvalue weighted by Crippen LogP contribution is -2.26. The molecular weight excluding hydrogens is 326 g/mol. The second kappa shape index (κ2) is 9.06. The van der Waals surface area contributed by atoms with Crippen LogP contribution in [0.25, 0.3) is 0 Å². The largest absolute Gasteiger partial charge is 0.497 e. The van der Waals surface area contributed by atoms with Crippen molar-refractivity contribution in [3.63, 3.8) is 0 Å². The summed E-state index contributed by atoms with van der Waals surface area (Å²) in [6, 6.07) is 17.0. The Bertz CT molecular complexity index is 689. The lowest BCUT2D eigenvalue weighted by atomic mass is 10.0. The Hall–Kier alpha value is -2.04. The molecule has 0 spiro atoms. The molecule has 1 heterocycles. The highest BCUT2D eigenvalue weighted by atomic mass is 16.5. The third-order valence-electron chi connectivity index (χ3n) is 5.18. The molecule has 0 aliphatic carbocycles. The highest BCUT2D eigenvalue weighted by molar-refractivity contribution is 5.41. The second-order valence-electron chi connectivity index (χ2n) is 7.08. The number of likely N-dealkylation sites (N-methyl/N-ethyl adjacent to an activating group) is 1. The molecule has 0 aromatic heterocycles. The second-order valence-corrected chi connectivity index (χ2v) is 7.08. The third-order valence-corrected chi connectivity index (χ3v) is 5.18. The molecule has 1 N–H and O–H groups in total. The molecule has 1 aliphatic heterocycles. The fourth-order valence-corrected chi connectivity index (χ4v) is 3.62. The number of hydrogen-bond acceptors (Lipinski definition) is 4. The van der Waals surface area contributed by atoms with Gasteiger partial charge in [-0.1, -0.05) is 36.4 Å². The van der Waals surface area contributed by atoms with E-state index in [0.29, 0.717) is 12.6 Å². The minimum absolute atomic E-state index is 0.205. The van der Waals surface area contributed by atoms with Crippen LogP contribution < -0.4 is 9.47 Å². The summed E-state index contributed by atoms with van der Waals surface area (Å²) < 4.78 is 11.5. The van der Waals surface area contributed by atoms with Crippen molar-refractivity contribution < 1.29 is 14.6 Å². The normalized spacial score (nSPS) is 20.3. The highest BCUT2D eigenvalue weighted by Crippen LogP contribution is 2.27. The van der Waals surface area contributed by atoms with E-state index < -0.39 is 0 Å². The van der Waals surface area contributed by atoms with Crippen LogP contribution in [0.4, 0.5) is 0 Å². The van der Waals surface area contributed by atoms with Crippen molar-refractivity contribution in [1.82, 2.24) is 4.90 Å². The summed E-state index contributed by atoms with van der Waals surface area (Å²) in [6.45, 7) is 1.40. The molecule has 1 fully saturated rings. The molecule has 2 aromatic rings. The van der Waals surface area contributed by atoms with E-state index in [-0.39, 0.29) is 6.10 Å².